The first-order chi connectivity index (χ1) is 11.1. The molecule has 0 spiro atoms. The first-order valence-electron chi connectivity index (χ1n) is 8.64. The maximum absolute atomic E-state index is 8.75. The van der Waals surface area contributed by atoms with E-state index in [1.807, 2.05) is 24.3 Å². The molecule has 1 atom stereocenters. The summed E-state index contributed by atoms with van der Waals surface area (Å²) in [7, 11) is -2.55. The van der Waals surface area contributed by atoms with Crippen molar-refractivity contribution in [3.63, 3.8) is 0 Å². The summed E-state index contributed by atoms with van der Waals surface area (Å²) in [5, 5.41) is 8.75. The second-order valence-electron chi connectivity index (χ2n) is 8.47. The molecule has 1 aromatic rings. The van der Waals surface area contributed by atoms with Gasteiger partial charge in [-0.2, -0.15) is 0 Å². The SMILES string of the molecule is C[Si](C)(C)CC(OCOc1cccc(COCCO)c1)[Si](C)(C)C. The Morgan fingerprint density at radius 2 is 1.79 bits per heavy atom. The van der Waals surface area contributed by atoms with Gasteiger partial charge in [-0.15, -0.1) is 0 Å². The summed E-state index contributed by atoms with van der Waals surface area (Å²) in [5.74, 6) is 0.794. The molecule has 4 nitrogen and oxygen atoms in total. The minimum atomic E-state index is -1.38. The molecule has 138 valence electrons. The van der Waals surface area contributed by atoms with Gasteiger partial charge in [0.05, 0.1) is 27.9 Å². The van der Waals surface area contributed by atoms with Crippen molar-refractivity contribution in [1.82, 2.24) is 0 Å². The van der Waals surface area contributed by atoms with Crippen molar-refractivity contribution in [3.8, 4) is 5.75 Å². The van der Waals surface area contributed by atoms with Crippen molar-refractivity contribution < 1.29 is 19.3 Å². The molecule has 6 heteroatoms. The highest BCUT2D eigenvalue weighted by molar-refractivity contribution is 6.82. The molecule has 0 heterocycles. The van der Waals surface area contributed by atoms with Gasteiger partial charge in [-0.1, -0.05) is 51.4 Å². The average molecular weight is 371 g/mol. The van der Waals surface area contributed by atoms with Gasteiger partial charge in [0.15, 0.2) is 6.79 Å². The first-order valence-corrected chi connectivity index (χ1v) is 15.9. The lowest BCUT2D eigenvalue weighted by molar-refractivity contribution is -0.000262. The molecule has 1 aromatic carbocycles. The molecule has 0 aliphatic rings. The summed E-state index contributed by atoms with van der Waals surface area (Å²) in [6.45, 7) is 15.4. The zero-order chi connectivity index (χ0) is 18.2. The number of rotatable bonds is 11. The van der Waals surface area contributed by atoms with Crippen LogP contribution in [0.1, 0.15) is 5.56 Å². The summed E-state index contributed by atoms with van der Waals surface area (Å²) in [6.07, 6.45) is 0. The molecule has 0 aromatic heterocycles. The molecule has 0 fully saturated rings. The monoisotopic (exact) mass is 370 g/mol. The summed E-state index contributed by atoms with van der Waals surface area (Å²) in [5.41, 5.74) is 1.37. The zero-order valence-electron chi connectivity index (χ0n) is 16.1. The Labute approximate surface area is 149 Å². The van der Waals surface area contributed by atoms with Crippen molar-refractivity contribution in [2.45, 2.75) is 57.7 Å². The van der Waals surface area contributed by atoms with Gasteiger partial charge in [0.2, 0.25) is 0 Å². The van der Waals surface area contributed by atoms with E-state index in [2.05, 4.69) is 39.3 Å². The van der Waals surface area contributed by atoms with Crippen LogP contribution in [0.25, 0.3) is 0 Å². The zero-order valence-corrected chi connectivity index (χ0v) is 18.1. The summed E-state index contributed by atoms with van der Waals surface area (Å²) in [6, 6.07) is 9.01. The lowest BCUT2D eigenvalue weighted by Gasteiger charge is -2.33. The average Bonchev–Trinajstić information content (AvgIpc) is 2.45. The van der Waals surface area contributed by atoms with E-state index in [-0.39, 0.29) is 6.61 Å². The van der Waals surface area contributed by atoms with Crippen molar-refractivity contribution >= 4 is 16.1 Å². The Balaban J connectivity index is 2.53. The smallest absolute Gasteiger partial charge is 0.188 e. The maximum atomic E-state index is 8.75. The molecule has 0 aliphatic heterocycles. The quantitative estimate of drug-likeness (QED) is 0.361. The molecule has 0 aliphatic carbocycles. The molecule has 1 rings (SSSR count). The molecule has 24 heavy (non-hydrogen) atoms. The third-order valence-electron chi connectivity index (χ3n) is 3.66. The van der Waals surface area contributed by atoms with Crippen LogP contribution >= 0.6 is 0 Å². The molecule has 1 unspecified atom stereocenters. The standard InChI is InChI=1S/C18H34O4Si2/c1-23(2,3)14-18(24(4,5)6)22-15-21-17-9-7-8-16(12-17)13-20-11-10-19/h7-9,12,18-19H,10-11,13-15H2,1-6H3. The highest BCUT2D eigenvalue weighted by Crippen LogP contribution is 2.23. The predicted molar refractivity (Wildman–Crippen MR) is 105 cm³/mol. The van der Waals surface area contributed by atoms with Gasteiger partial charge < -0.3 is 19.3 Å². The molecule has 0 radical (unpaired) electrons. The lowest BCUT2D eigenvalue weighted by Crippen LogP contribution is -2.45. The van der Waals surface area contributed by atoms with Crippen molar-refractivity contribution in [2.24, 2.45) is 0 Å². The number of ether oxygens (including phenoxy) is 3. The van der Waals surface area contributed by atoms with Crippen molar-refractivity contribution in [1.29, 1.82) is 0 Å². The highest BCUT2D eigenvalue weighted by Gasteiger charge is 2.32. The molecular weight excluding hydrogens is 336 g/mol. The van der Waals surface area contributed by atoms with E-state index in [9.17, 15) is 0 Å². The first kappa shape index (κ1) is 21.4. The topological polar surface area (TPSA) is 47.9 Å². The van der Waals surface area contributed by atoms with Crippen LogP contribution in [0.4, 0.5) is 0 Å². The Hall–Kier alpha value is -0.666. The summed E-state index contributed by atoms with van der Waals surface area (Å²) < 4.78 is 17.3. The fourth-order valence-corrected chi connectivity index (χ4v) is 8.42. The fraction of sp³-hybridized carbons (Fsp3) is 0.667. The van der Waals surface area contributed by atoms with Crippen LogP contribution in [0.15, 0.2) is 24.3 Å². The van der Waals surface area contributed by atoms with Gasteiger partial charge in [-0.3, -0.25) is 0 Å². The summed E-state index contributed by atoms with van der Waals surface area (Å²) in [4.78, 5) is 0. The second kappa shape index (κ2) is 9.72. The minimum Gasteiger partial charge on any atom is -0.468 e. The van der Waals surface area contributed by atoms with Crippen LogP contribution in [-0.4, -0.2) is 47.0 Å². The van der Waals surface area contributed by atoms with E-state index < -0.39 is 16.1 Å². The van der Waals surface area contributed by atoms with E-state index in [1.54, 1.807) is 0 Å². The third kappa shape index (κ3) is 8.98. The van der Waals surface area contributed by atoms with Crippen LogP contribution < -0.4 is 4.74 Å². The molecule has 0 saturated heterocycles. The lowest BCUT2D eigenvalue weighted by atomic mass is 10.2. The van der Waals surface area contributed by atoms with Crippen molar-refractivity contribution in [3.05, 3.63) is 29.8 Å². The van der Waals surface area contributed by atoms with Crippen LogP contribution in [0.5, 0.6) is 5.75 Å². The molecule has 1 N–H and O–H groups in total. The van der Waals surface area contributed by atoms with E-state index >= 15 is 0 Å². The van der Waals surface area contributed by atoms with E-state index in [0.717, 1.165) is 11.3 Å². The number of hydrogen-bond donors (Lipinski definition) is 1. The molecular formula is C18H34O4Si2. The Morgan fingerprint density at radius 3 is 2.38 bits per heavy atom. The Kier molecular flexibility index (Phi) is 8.66. The maximum Gasteiger partial charge on any atom is 0.188 e. The van der Waals surface area contributed by atoms with Crippen LogP contribution in [0, 0.1) is 0 Å². The third-order valence-corrected chi connectivity index (χ3v) is 7.97. The van der Waals surface area contributed by atoms with Gasteiger partial charge in [0.25, 0.3) is 0 Å². The van der Waals surface area contributed by atoms with E-state index in [1.165, 1.54) is 6.04 Å². The van der Waals surface area contributed by atoms with Crippen LogP contribution in [-0.2, 0) is 16.1 Å². The molecule has 0 saturated carbocycles. The number of aliphatic hydroxyl groups is 1. The Bertz CT molecular complexity index is 481. The highest BCUT2D eigenvalue weighted by atomic mass is 28.3. The second-order valence-corrected chi connectivity index (χ2v) is 19.4. The fourth-order valence-electron chi connectivity index (χ4n) is 2.34. The Morgan fingerprint density at radius 1 is 1.08 bits per heavy atom. The summed E-state index contributed by atoms with van der Waals surface area (Å²) >= 11 is 0. The van der Waals surface area contributed by atoms with E-state index in [0.29, 0.717) is 25.7 Å². The minimum absolute atomic E-state index is 0.0409. The predicted octanol–water partition coefficient (Wildman–Crippen LogP) is 4.13. The van der Waals surface area contributed by atoms with Crippen LogP contribution in [0.2, 0.25) is 45.3 Å². The van der Waals surface area contributed by atoms with Gasteiger partial charge >= 0.3 is 0 Å². The number of benzene rings is 1. The van der Waals surface area contributed by atoms with E-state index in [4.69, 9.17) is 19.3 Å². The molecule has 0 amide bonds. The van der Waals surface area contributed by atoms with Crippen molar-refractivity contribution in [2.75, 3.05) is 20.0 Å². The molecule has 0 bridgehead atoms. The van der Waals surface area contributed by atoms with Gasteiger partial charge in [0.1, 0.15) is 5.75 Å². The van der Waals surface area contributed by atoms with Gasteiger partial charge in [0, 0.05) is 13.8 Å². The van der Waals surface area contributed by atoms with Gasteiger partial charge in [-0.25, -0.2) is 0 Å². The number of hydrogen-bond acceptors (Lipinski definition) is 4. The van der Waals surface area contributed by atoms with Crippen LogP contribution in [0.3, 0.4) is 0 Å². The number of aliphatic hydroxyl groups excluding tert-OH is 1. The largest absolute Gasteiger partial charge is 0.468 e. The normalized spacial score (nSPS) is 13.8. The van der Waals surface area contributed by atoms with Gasteiger partial charge in [-0.05, 0) is 23.7 Å².